The van der Waals surface area contributed by atoms with Gasteiger partial charge in [0.25, 0.3) is 0 Å². The van der Waals surface area contributed by atoms with E-state index in [0.717, 1.165) is 32.1 Å². The van der Waals surface area contributed by atoms with Gasteiger partial charge in [0.1, 0.15) is 0 Å². The second-order valence-electron chi connectivity index (χ2n) is 10.3. The molecule has 30 heavy (non-hydrogen) atoms. The first-order valence-electron chi connectivity index (χ1n) is 11.5. The number of hydrogen-bond acceptors (Lipinski definition) is 5. The molecule has 1 N–H and O–H groups in total. The van der Waals surface area contributed by atoms with Crippen molar-refractivity contribution in [2.75, 3.05) is 12.7 Å². The number of ether oxygens (including phenoxy) is 2. The topological polar surface area (TPSA) is 72.8 Å². The number of alkyl halides is 1. The Morgan fingerprint density at radius 3 is 2.73 bits per heavy atom. The molecule has 0 heterocycles. The smallest absolute Gasteiger partial charge is 0.340 e. The molecule has 4 aliphatic carbocycles. The minimum Gasteiger partial charge on any atom is -0.447 e. The number of esters is 1. The van der Waals surface area contributed by atoms with Gasteiger partial charge in [-0.2, -0.15) is 0 Å². The number of allylic oxidation sites excluding steroid dienone is 1. The van der Waals surface area contributed by atoms with Gasteiger partial charge >= 0.3 is 5.97 Å². The first-order valence-corrected chi connectivity index (χ1v) is 12.1. The summed E-state index contributed by atoms with van der Waals surface area (Å²) < 4.78 is 11.6. The summed E-state index contributed by atoms with van der Waals surface area (Å²) in [5.74, 6) is 0.543. The molecule has 0 aromatic heterocycles. The predicted octanol–water partition coefficient (Wildman–Crippen LogP) is 4.39. The van der Waals surface area contributed by atoms with Gasteiger partial charge in [0.2, 0.25) is 0 Å². The van der Waals surface area contributed by atoms with Crippen LogP contribution in [0.3, 0.4) is 0 Å². The highest BCUT2D eigenvalue weighted by atomic mass is 35.5. The van der Waals surface area contributed by atoms with Gasteiger partial charge in [0.05, 0.1) is 6.10 Å². The molecule has 4 rings (SSSR count). The minimum atomic E-state index is -1.05. The van der Waals surface area contributed by atoms with E-state index in [0.29, 0.717) is 31.8 Å². The average Bonchev–Trinajstić information content (AvgIpc) is 2.99. The van der Waals surface area contributed by atoms with Crippen molar-refractivity contribution in [2.24, 2.45) is 28.6 Å². The summed E-state index contributed by atoms with van der Waals surface area (Å²) in [6.45, 7) is 6.87. The van der Waals surface area contributed by atoms with Crippen LogP contribution in [-0.4, -0.2) is 41.2 Å². The second-order valence-corrected chi connectivity index (χ2v) is 10.6. The fraction of sp³-hybridized carbons (Fsp3) is 0.833. The number of halogens is 1. The zero-order valence-electron chi connectivity index (χ0n) is 18.4. The zero-order chi connectivity index (χ0) is 21.7. The fourth-order valence-corrected chi connectivity index (χ4v) is 7.85. The van der Waals surface area contributed by atoms with Gasteiger partial charge in [-0.25, -0.2) is 4.79 Å². The third-order valence-corrected chi connectivity index (χ3v) is 9.19. The Morgan fingerprint density at radius 1 is 1.27 bits per heavy atom. The van der Waals surface area contributed by atoms with Crippen molar-refractivity contribution >= 4 is 23.4 Å². The Morgan fingerprint density at radius 2 is 2.03 bits per heavy atom. The van der Waals surface area contributed by atoms with E-state index >= 15 is 0 Å². The third kappa shape index (κ3) is 3.02. The molecule has 6 heteroatoms. The summed E-state index contributed by atoms with van der Waals surface area (Å²) in [6, 6.07) is -0.189. The summed E-state index contributed by atoms with van der Waals surface area (Å²) >= 11 is 5.76. The summed E-state index contributed by atoms with van der Waals surface area (Å²) in [4.78, 5) is 25.2. The van der Waals surface area contributed by atoms with Crippen LogP contribution in [0.25, 0.3) is 0 Å². The summed E-state index contributed by atoms with van der Waals surface area (Å²) in [5, 5.41) is 11.5. The van der Waals surface area contributed by atoms with Gasteiger partial charge in [0, 0.05) is 18.4 Å². The third-order valence-electron chi connectivity index (χ3n) is 9.08. The number of ketones is 1. The zero-order valence-corrected chi connectivity index (χ0v) is 19.2. The van der Waals surface area contributed by atoms with E-state index in [-0.39, 0.29) is 35.1 Å². The Kier molecular flexibility index (Phi) is 5.87. The van der Waals surface area contributed by atoms with Crippen molar-refractivity contribution < 1.29 is 24.2 Å². The Balaban J connectivity index is 1.72. The molecule has 0 bridgehead atoms. The first kappa shape index (κ1) is 22.3. The van der Waals surface area contributed by atoms with E-state index in [9.17, 15) is 14.7 Å². The number of aliphatic hydroxyl groups is 1. The van der Waals surface area contributed by atoms with Crippen molar-refractivity contribution in [3.8, 4) is 0 Å². The monoisotopic (exact) mass is 438 g/mol. The number of carbonyl (C=O) groups excluding carboxylic acids is 2. The van der Waals surface area contributed by atoms with Crippen molar-refractivity contribution in [1.82, 2.24) is 0 Å². The van der Waals surface area contributed by atoms with E-state index in [1.807, 2.05) is 13.0 Å². The van der Waals surface area contributed by atoms with Crippen LogP contribution in [0.15, 0.2) is 11.6 Å². The molecule has 5 nitrogen and oxygen atoms in total. The fourth-order valence-electron chi connectivity index (χ4n) is 7.75. The molecule has 0 saturated heterocycles. The number of aliphatic hydroxyl groups excluding tert-OH is 1. The first-order chi connectivity index (χ1) is 14.2. The number of rotatable bonds is 5. The number of fused-ring (bicyclic) bond motifs is 5. The molecular formula is C24H35ClO5. The average molecular weight is 439 g/mol. The molecule has 0 radical (unpaired) electrons. The highest BCUT2D eigenvalue weighted by Crippen LogP contribution is 2.68. The molecule has 3 saturated carbocycles. The molecule has 4 aliphatic rings. The lowest BCUT2D eigenvalue weighted by Gasteiger charge is -2.60. The molecule has 0 aliphatic heterocycles. The van der Waals surface area contributed by atoms with Crippen LogP contribution < -0.4 is 0 Å². The van der Waals surface area contributed by atoms with E-state index in [1.165, 1.54) is 5.57 Å². The number of hydrogen-bond donors (Lipinski definition) is 1. The highest BCUT2D eigenvalue weighted by Gasteiger charge is 2.70. The van der Waals surface area contributed by atoms with E-state index < -0.39 is 17.1 Å². The van der Waals surface area contributed by atoms with Crippen molar-refractivity contribution in [3.63, 3.8) is 0 Å². The van der Waals surface area contributed by atoms with Crippen molar-refractivity contribution in [1.29, 1.82) is 0 Å². The summed E-state index contributed by atoms with van der Waals surface area (Å²) in [5.41, 5.74) is -0.457. The largest absolute Gasteiger partial charge is 0.447 e. The second kappa shape index (κ2) is 7.90. The molecule has 0 amide bonds. The van der Waals surface area contributed by atoms with Crippen LogP contribution in [-0.2, 0) is 19.1 Å². The lowest BCUT2D eigenvalue weighted by molar-refractivity contribution is -0.211. The van der Waals surface area contributed by atoms with Gasteiger partial charge in [-0.05, 0) is 74.2 Å². The SMILES string of the molecule is CCCO[C@]1(C(=O)OCCl)CC[C@H]2[C@@H]3CCC4=CC(=O)CC[C@]4(C)[C@H]3[C@@H](O)C[C@@]21C. The molecule has 0 aromatic carbocycles. The Labute approximate surface area is 184 Å². The highest BCUT2D eigenvalue weighted by molar-refractivity contribution is 6.17. The van der Waals surface area contributed by atoms with E-state index in [1.54, 1.807) is 0 Å². The minimum absolute atomic E-state index is 0.120. The van der Waals surface area contributed by atoms with Gasteiger partial charge < -0.3 is 14.6 Å². The van der Waals surface area contributed by atoms with E-state index in [4.69, 9.17) is 21.1 Å². The summed E-state index contributed by atoms with van der Waals surface area (Å²) in [6.07, 6.45) is 7.35. The maximum absolute atomic E-state index is 13.2. The van der Waals surface area contributed by atoms with Gasteiger partial charge in [-0.15, -0.1) is 0 Å². The summed E-state index contributed by atoms with van der Waals surface area (Å²) in [7, 11) is 0. The predicted molar refractivity (Wildman–Crippen MR) is 114 cm³/mol. The standard InChI is InChI=1S/C24H35ClO5/c1-4-11-30-24(21(28)29-14-25)10-8-18-17-6-5-15-12-16(26)7-9-22(15,2)20(17)19(27)13-23(18,24)3/h12,17-20,27H,4-11,13-14H2,1-3H3/t17-,18-,19-,20+,22-,23-,24-/m0/s1. The quantitative estimate of drug-likeness (QED) is 0.509. The van der Waals surface area contributed by atoms with Gasteiger partial charge in [-0.1, -0.05) is 37.9 Å². The lowest BCUT2D eigenvalue weighted by atomic mass is 9.45. The molecule has 0 aromatic rings. The van der Waals surface area contributed by atoms with Crippen molar-refractivity contribution in [2.45, 2.75) is 83.8 Å². The van der Waals surface area contributed by atoms with Crippen LogP contribution in [0, 0.1) is 28.6 Å². The molecule has 168 valence electrons. The molecular weight excluding hydrogens is 404 g/mol. The van der Waals surface area contributed by atoms with Crippen LogP contribution in [0.1, 0.15) is 72.1 Å². The van der Waals surface area contributed by atoms with Crippen LogP contribution in [0.5, 0.6) is 0 Å². The van der Waals surface area contributed by atoms with Crippen LogP contribution in [0.4, 0.5) is 0 Å². The molecule has 0 unspecified atom stereocenters. The Hall–Kier alpha value is -0.910. The van der Waals surface area contributed by atoms with E-state index in [2.05, 4.69) is 13.8 Å². The van der Waals surface area contributed by atoms with Crippen molar-refractivity contribution in [3.05, 3.63) is 11.6 Å². The maximum Gasteiger partial charge on any atom is 0.340 e. The maximum atomic E-state index is 13.2. The lowest BCUT2D eigenvalue weighted by Crippen LogP contribution is -2.62. The normalized spacial score (nSPS) is 45.2. The number of carbonyl (C=O) groups is 2. The molecule has 7 atom stereocenters. The van der Waals surface area contributed by atoms with Crippen LogP contribution in [0.2, 0.25) is 0 Å². The molecule has 3 fully saturated rings. The Bertz CT molecular complexity index is 750. The van der Waals surface area contributed by atoms with Gasteiger partial charge in [0.15, 0.2) is 17.5 Å². The van der Waals surface area contributed by atoms with Crippen LogP contribution >= 0.6 is 11.6 Å². The van der Waals surface area contributed by atoms with Gasteiger partial charge in [-0.3, -0.25) is 4.79 Å². The molecule has 0 spiro atoms.